The molecule has 1 heterocycles. The fourth-order valence-corrected chi connectivity index (χ4v) is 5.14. The summed E-state index contributed by atoms with van der Waals surface area (Å²) in [6.45, 7) is 4.97. The number of amides is 1. The topological polar surface area (TPSA) is 80.8 Å². The Balaban J connectivity index is 1.33. The van der Waals surface area contributed by atoms with E-state index < -0.39 is 0 Å². The van der Waals surface area contributed by atoms with Crippen LogP contribution in [0.1, 0.15) is 51.0 Å². The molecule has 0 radical (unpaired) electrons. The molecule has 4 rings (SSSR count). The number of hydrogen-bond donors (Lipinski definition) is 4. The number of halogens is 2. The van der Waals surface area contributed by atoms with Crippen LogP contribution in [0.15, 0.2) is 47.5 Å². The molecule has 194 valence electrons. The smallest absolute Gasteiger partial charge is 0.224 e. The molecular formula is C27H36Cl2N6O. The minimum absolute atomic E-state index is 0.0595. The summed E-state index contributed by atoms with van der Waals surface area (Å²) < 4.78 is 0. The number of aryl methyl sites for hydroxylation is 1. The van der Waals surface area contributed by atoms with Gasteiger partial charge in [0.05, 0.1) is 6.04 Å². The third-order valence-corrected chi connectivity index (χ3v) is 7.17. The van der Waals surface area contributed by atoms with Crippen molar-refractivity contribution in [2.45, 2.75) is 64.0 Å². The minimum Gasteiger partial charge on any atom is -0.326 e. The van der Waals surface area contributed by atoms with Crippen molar-refractivity contribution in [1.29, 1.82) is 0 Å². The maximum Gasteiger partial charge on any atom is 0.224 e. The third-order valence-electron chi connectivity index (χ3n) is 6.59. The fourth-order valence-electron chi connectivity index (χ4n) is 4.64. The number of anilines is 2. The van der Waals surface area contributed by atoms with Gasteiger partial charge < -0.3 is 16.0 Å². The summed E-state index contributed by atoms with van der Waals surface area (Å²) in [4.78, 5) is 17.5. The average molecular weight is 532 g/mol. The van der Waals surface area contributed by atoms with E-state index in [1.807, 2.05) is 30.3 Å². The van der Waals surface area contributed by atoms with Crippen LogP contribution in [0.2, 0.25) is 10.0 Å². The van der Waals surface area contributed by atoms with Crippen molar-refractivity contribution in [3.8, 4) is 0 Å². The summed E-state index contributed by atoms with van der Waals surface area (Å²) in [7, 11) is 0. The van der Waals surface area contributed by atoms with E-state index in [0.29, 0.717) is 35.0 Å². The predicted molar refractivity (Wildman–Crippen MR) is 150 cm³/mol. The predicted octanol–water partition coefficient (Wildman–Crippen LogP) is 5.46. The molecular weight excluding hydrogens is 495 g/mol. The summed E-state index contributed by atoms with van der Waals surface area (Å²) in [5, 5.41) is 13.3. The van der Waals surface area contributed by atoms with Gasteiger partial charge in [0, 0.05) is 53.5 Å². The number of carbonyl (C=O) groups is 1. The molecule has 36 heavy (non-hydrogen) atoms. The highest BCUT2D eigenvalue weighted by Crippen LogP contribution is 2.23. The van der Waals surface area contributed by atoms with E-state index in [4.69, 9.17) is 28.2 Å². The van der Waals surface area contributed by atoms with Crippen molar-refractivity contribution in [1.82, 2.24) is 15.8 Å². The zero-order chi connectivity index (χ0) is 25.3. The molecule has 1 saturated carbocycles. The molecule has 4 N–H and O–H groups in total. The van der Waals surface area contributed by atoms with Crippen LogP contribution in [0.3, 0.4) is 0 Å². The quantitative estimate of drug-likeness (QED) is 0.282. The van der Waals surface area contributed by atoms with Crippen molar-refractivity contribution in [2.75, 3.05) is 30.3 Å². The first-order chi connectivity index (χ1) is 17.4. The largest absolute Gasteiger partial charge is 0.326 e. The maximum atomic E-state index is 12.5. The summed E-state index contributed by atoms with van der Waals surface area (Å²) in [5.74, 6) is 0.725. The second-order valence-electron chi connectivity index (χ2n) is 9.67. The van der Waals surface area contributed by atoms with E-state index in [1.54, 1.807) is 12.1 Å². The van der Waals surface area contributed by atoms with Gasteiger partial charge in [0.15, 0.2) is 0 Å². The van der Waals surface area contributed by atoms with Crippen molar-refractivity contribution in [2.24, 2.45) is 4.99 Å². The number of hydrazine groups is 1. The highest BCUT2D eigenvalue weighted by molar-refractivity contribution is 6.35. The Labute approximate surface area is 224 Å². The van der Waals surface area contributed by atoms with Crippen LogP contribution >= 0.6 is 23.2 Å². The minimum atomic E-state index is -0.0595. The highest BCUT2D eigenvalue weighted by atomic mass is 35.5. The molecule has 9 heteroatoms. The van der Waals surface area contributed by atoms with Crippen LogP contribution < -0.4 is 21.4 Å². The van der Waals surface area contributed by atoms with E-state index >= 15 is 0 Å². The first-order valence-electron chi connectivity index (χ1n) is 12.9. The van der Waals surface area contributed by atoms with E-state index in [9.17, 15) is 4.79 Å². The van der Waals surface area contributed by atoms with E-state index in [2.05, 4.69) is 33.3 Å². The van der Waals surface area contributed by atoms with Crippen molar-refractivity contribution >= 4 is 46.4 Å². The molecule has 0 aromatic heterocycles. The first kappa shape index (κ1) is 26.7. The maximum absolute atomic E-state index is 12.5. The second-order valence-corrected chi connectivity index (χ2v) is 10.5. The number of hydrogen-bond acceptors (Lipinski definition) is 4. The molecule has 1 unspecified atom stereocenters. The van der Waals surface area contributed by atoms with Gasteiger partial charge in [0.1, 0.15) is 0 Å². The number of carbonyl (C=O) groups excluding carboxylic acids is 1. The SMILES string of the molecule is CC1CN(NC(=NC2CCCCC2)Nc2ccc(NC(=O)CCc3ccc(Cl)cc3Cl)cc2)CCN1. The van der Waals surface area contributed by atoms with Gasteiger partial charge in [-0.15, -0.1) is 0 Å². The number of aliphatic imine (C=N–C) groups is 1. The molecule has 7 nitrogen and oxygen atoms in total. The number of guanidine groups is 1. The Bertz CT molecular complexity index is 1040. The van der Waals surface area contributed by atoms with E-state index in [1.165, 1.54) is 19.3 Å². The number of benzene rings is 2. The Morgan fingerprint density at radius 3 is 2.47 bits per heavy atom. The molecule has 0 bridgehead atoms. The molecule has 2 fully saturated rings. The summed E-state index contributed by atoms with van der Waals surface area (Å²) >= 11 is 12.2. The van der Waals surface area contributed by atoms with Gasteiger partial charge in [-0.1, -0.05) is 48.5 Å². The Kier molecular flexibility index (Phi) is 9.87. The van der Waals surface area contributed by atoms with Crippen molar-refractivity contribution < 1.29 is 4.79 Å². The highest BCUT2D eigenvalue weighted by Gasteiger charge is 2.19. The zero-order valence-electron chi connectivity index (χ0n) is 20.8. The monoisotopic (exact) mass is 530 g/mol. The Hall–Kier alpha value is -2.32. The summed E-state index contributed by atoms with van der Waals surface area (Å²) in [6, 6.07) is 13.9. The van der Waals surface area contributed by atoms with Gasteiger partial charge in [0.25, 0.3) is 0 Å². The lowest BCUT2D eigenvalue weighted by molar-refractivity contribution is -0.116. The molecule has 1 aliphatic carbocycles. The van der Waals surface area contributed by atoms with Crippen LogP contribution in [0.4, 0.5) is 11.4 Å². The van der Waals surface area contributed by atoms with Crippen molar-refractivity contribution in [3.63, 3.8) is 0 Å². The Morgan fingerprint density at radius 2 is 1.78 bits per heavy atom. The van der Waals surface area contributed by atoms with Crippen LogP contribution in [-0.2, 0) is 11.2 Å². The van der Waals surface area contributed by atoms with E-state index in [-0.39, 0.29) is 5.91 Å². The lowest BCUT2D eigenvalue weighted by Gasteiger charge is -2.33. The lowest BCUT2D eigenvalue weighted by atomic mass is 9.96. The van der Waals surface area contributed by atoms with Crippen LogP contribution in [0.25, 0.3) is 0 Å². The number of nitrogens with zero attached hydrogens (tertiary/aromatic N) is 2. The average Bonchev–Trinajstić information content (AvgIpc) is 2.85. The van der Waals surface area contributed by atoms with Gasteiger partial charge in [-0.25, -0.2) is 10.0 Å². The number of nitrogens with one attached hydrogen (secondary N) is 4. The van der Waals surface area contributed by atoms with Gasteiger partial charge >= 0.3 is 0 Å². The van der Waals surface area contributed by atoms with Crippen LogP contribution in [0.5, 0.6) is 0 Å². The fraction of sp³-hybridized carbons (Fsp3) is 0.481. The van der Waals surface area contributed by atoms with Crippen LogP contribution in [0, 0.1) is 0 Å². The zero-order valence-corrected chi connectivity index (χ0v) is 22.3. The molecule has 2 aromatic carbocycles. The number of piperazine rings is 1. The third kappa shape index (κ3) is 8.37. The summed E-state index contributed by atoms with van der Waals surface area (Å²) in [5.41, 5.74) is 6.10. The lowest BCUT2D eigenvalue weighted by Crippen LogP contribution is -2.57. The molecule has 0 spiro atoms. The molecule has 2 aliphatic rings. The molecule has 1 saturated heterocycles. The standard InChI is InChI=1S/C27H36Cl2N6O/c1-19-18-35(16-15-30-19)34-27(32-22-5-3-2-4-6-22)33-24-12-10-23(11-13-24)31-26(36)14-8-20-7-9-21(28)17-25(20)29/h7,9-13,17,19,22,30H,2-6,8,14-16,18H2,1H3,(H,31,36)(H2,32,33,34). The molecule has 1 atom stereocenters. The van der Waals surface area contributed by atoms with Gasteiger partial charge in [0.2, 0.25) is 11.9 Å². The van der Waals surface area contributed by atoms with Gasteiger partial charge in [-0.05, 0) is 68.1 Å². The van der Waals surface area contributed by atoms with Gasteiger partial charge in [-0.2, -0.15) is 0 Å². The van der Waals surface area contributed by atoms with Crippen LogP contribution in [-0.4, -0.2) is 48.6 Å². The van der Waals surface area contributed by atoms with E-state index in [0.717, 1.165) is 55.4 Å². The van der Waals surface area contributed by atoms with Crippen molar-refractivity contribution in [3.05, 3.63) is 58.1 Å². The first-order valence-corrected chi connectivity index (χ1v) is 13.6. The normalized spacial score (nSPS) is 19.6. The molecule has 2 aromatic rings. The number of rotatable bonds is 7. The summed E-state index contributed by atoms with van der Waals surface area (Å²) in [6.07, 6.45) is 6.95. The van der Waals surface area contributed by atoms with Gasteiger partial charge in [-0.3, -0.25) is 10.2 Å². The Morgan fingerprint density at radius 1 is 1.06 bits per heavy atom. The second kappa shape index (κ2) is 13.3. The molecule has 1 amide bonds. The molecule has 1 aliphatic heterocycles.